The molecule has 1 heterocycles. The Hall–Kier alpha value is 1.93. The molecule has 1 aliphatic heterocycles. The number of likely N-dealkylation sites (N-methyl/N-ethyl adjacent to an activating group) is 1. The van der Waals surface area contributed by atoms with Crippen molar-refractivity contribution >= 4 is 0 Å². The van der Waals surface area contributed by atoms with Gasteiger partial charge in [0.1, 0.15) is 0 Å². The fourth-order valence-electron chi connectivity index (χ4n) is 1.71. The van der Waals surface area contributed by atoms with Gasteiger partial charge in [0.2, 0.25) is 0 Å². The van der Waals surface area contributed by atoms with E-state index >= 15 is 0 Å². The van der Waals surface area contributed by atoms with Gasteiger partial charge in [-0.15, -0.1) is 0 Å². The van der Waals surface area contributed by atoms with E-state index in [1.165, 1.54) is 0 Å². The first-order valence-corrected chi connectivity index (χ1v) is 4.68. The smallest absolute Gasteiger partial charge is 0.381 e. The molecule has 1 fully saturated rings. The molecule has 2 N–H and O–H groups in total. The molecular formula is C10H23CsN2O. The van der Waals surface area contributed by atoms with Crippen molar-refractivity contribution < 1.29 is 73.6 Å². The molecule has 0 aromatic carbocycles. The van der Waals surface area contributed by atoms with Gasteiger partial charge in [-0.05, 0) is 32.9 Å². The van der Waals surface area contributed by atoms with E-state index in [1.54, 1.807) is 0 Å². The molecule has 0 aromatic rings. The van der Waals surface area contributed by atoms with Crippen LogP contribution < -0.4 is 74.6 Å². The molecule has 1 aliphatic rings. The Morgan fingerprint density at radius 2 is 1.86 bits per heavy atom. The standard InChI is InChI=1S/C9H20N2O.CH3.Cs/c1-11(2)7-9(10)8-3-5-12-6-4-8;;/h8-9H,3-7,10H2,1-2H3;1H3;/q;-1;+1. The van der Waals surface area contributed by atoms with Gasteiger partial charge in [0.05, 0.1) is 0 Å². The summed E-state index contributed by atoms with van der Waals surface area (Å²) in [4.78, 5) is 2.15. The predicted octanol–water partition coefficient (Wildman–Crippen LogP) is -2.24. The summed E-state index contributed by atoms with van der Waals surface area (Å²) in [5.41, 5.74) is 6.05. The predicted molar refractivity (Wildman–Crippen MR) is 56.5 cm³/mol. The summed E-state index contributed by atoms with van der Waals surface area (Å²) in [6.45, 7) is 2.78. The number of hydrogen-bond donors (Lipinski definition) is 1. The largest absolute Gasteiger partial charge is 1.00 e. The van der Waals surface area contributed by atoms with Crippen molar-refractivity contribution in [2.45, 2.75) is 18.9 Å². The van der Waals surface area contributed by atoms with Gasteiger partial charge in [0, 0.05) is 25.8 Å². The fraction of sp³-hybridized carbons (Fsp3) is 0.900. The number of nitrogens with two attached hydrogens (primary N) is 1. The molecular weight excluding hydrogens is 297 g/mol. The normalized spacial score (nSPS) is 19.7. The van der Waals surface area contributed by atoms with E-state index in [1.807, 2.05) is 0 Å². The molecule has 3 nitrogen and oxygen atoms in total. The van der Waals surface area contributed by atoms with Gasteiger partial charge in [-0.25, -0.2) is 0 Å². The molecule has 1 saturated heterocycles. The average molecular weight is 320 g/mol. The van der Waals surface area contributed by atoms with Crippen LogP contribution in [0.25, 0.3) is 0 Å². The molecule has 0 bridgehead atoms. The number of hydrogen-bond acceptors (Lipinski definition) is 3. The van der Waals surface area contributed by atoms with E-state index < -0.39 is 0 Å². The summed E-state index contributed by atoms with van der Waals surface area (Å²) in [6, 6.07) is 0.323. The maximum absolute atomic E-state index is 6.05. The minimum atomic E-state index is 0. The van der Waals surface area contributed by atoms with Crippen molar-refractivity contribution in [3.8, 4) is 0 Å². The molecule has 1 atom stereocenters. The second-order valence-corrected chi connectivity index (χ2v) is 3.88. The van der Waals surface area contributed by atoms with Crippen LogP contribution in [0.2, 0.25) is 0 Å². The zero-order valence-electron chi connectivity index (χ0n) is 10.1. The maximum Gasteiger partial charge on any atom is 1.00 e. The van der Waals surface area contributed by atoms with E-state index in [0.717, 1.165) is 32.6 Å². The first-order chi connectivity index (χ1) is 5.70. The maximum atomic E-state index is 6.05. The summed E-state index contributed by atoms with van der Waals surface area (Å²) >= 11 is 0. The Labute approximate surface area is 148 Å². The SMILES string of the molecule is CN(C)CC(N)C1CCOCC1.[CH3-].[Cs+]. The third kappa shape index (κ3) is 7.25. The Bertz CT molecular complexity index is 127. The van der Waals surface area contributed by atoms with Crippen molar-refractivity contribution in [3.63, 3.8) is 0 Å². The van der Waals surface area contributed by atoms with Crippen molar-refractivity contribution in [2.24, 2.45) is 11.7 Å². The van der Waals surface area contributed by atoms with Crippen LogP contribution in [0.1, 0.15) is 12.8 Å². The number of ether oxygens (including phenoxy) is 1. The second-order valence-electron chi connectivity index (χ2n) is 3.88. The Kier molecular flexibility index (Phi) is 13.2. The van der Waals surface area contributed by atoms with Crippen LogP contribution in [0.15, 0.2) is 0 Å². The second kappa shape index (κ2) is 10.1. The Morgan fingerprint density at radius 3 is 2.29 bits per heavy atom. The van der Waals surface area contributed by atoms with Gasteiger partial charge < -0.3 is 22.8 Å². The van der Waals surface area contributed by atoms with Gasteiger partial charge in [-0.2, -0.15) is 0 Å². The summed E-state index contributed by atoms with van der Waals surface area (Å²) in [5.74, 6) is 0.668. The molecule has 80 valence electrons. The van der Waals surface area contributed by atoms with Crippen molar-refractivity contribution in [1.82, 2.24) is 4.90 Å². The molecule has 4 heteroatoms. The molecule has 1 unspecified atom stereocenters. The molecule has 0 spiro atoms. The molecule has 0 saturated carbocycles. The number of nitrogens with zero attached hydrogens (tertiary/aromatic N) is 1. The van der Waals surface area contributed by atoms with E-state index in [4.69, 9.17) is 10.5 Å². The third-order valence-corrected chi connectivity index (χ3v) is 2.45. The van der Waals surface area contributed by atoms with Crippen LogP contribution >= 0.6 is 0 Å². The van der Waals surface area contributed by atoms with Crippen molar-refractivity contribution in [1.29, 1.82) is 0 Å². The van der Waals surface area contributed by atoms with E-state index in [9.17, 15) is 0 Å². The van der Waals surface area contributed by atoms with Crippen molar-refractivity contribution in [3.05, 3.63) is 7.43 Å². The molecule has 0 aromatic heterocycles. The minimum absolute atomic E-state index is 0. The third-order valence-electron chi connectivity index (χ3n) is 2.45. The topological polar surface area (TPSA) is 38.5 Å². The number of rotatable bonds is 3. The van der Waals surface area contributed by atoms with E-state index in [0.29, 0.717) is 12.0 Å². The molecule has 0 aliphatic carbocycles. The average Bonchev–Trinajstić information content (AvgIpc) is 2.05. The monoisotopic (exact) mass is 320 g/mol. The first kappa shape index (κ1) is 18.3. The van der Waals surface area contributed by atoms with Crippen LogP contribution in [0.4, 0.5) is 0 Å². The summed E-state index contributed by atoms with van der Waals surface area (Å²) < 4.78 is 5.29. The quantitative estimate of drug-likeness (QED) is 0.598. The molecule has 1 rings (SSSR count). The molecule has 14 heavy (non-hydrogen) atoms. The zero-order chi connectivity index (χ0) is 8.97. The first-order valence-electron chi connectivity index (χ1n) is 4.68. The van der Waals surface area contributed by atoms with Crippen LogP contribution in [0.5, 0.6) is 0 Å². The van der Waals surface area contributed by atoms with Gasteiger partial charge in [0.25, 0.3) is 0 Å². The summed E-state index contributed by atoms with van der Waals surface area (Å²) in [6.07, 6.45) is 2.27. The zero-order valence-corrected chi connectivity index (χ0v) is 16.4. The fourth-order valence-corrected chi connectivity index (χ4v) is 1.71. The Morgan fingerprint density at radius 1 is 1.36 bits per heavy atom. The Balaban J connectivity index is 0. The van der Waals surface area contributed by atoms with Gasteiger partial charge in [0.15, 0.2) is 0 Å². The van der Waals surface area contributed by atoms with Crippen LogP contribution in [-0.2, 0) is 4.74 Å². The minimum Gasteiger partial charge on any atom is -0.381 e. The molecule has 0 radical (unpaired) electrons. The summed E-state index contributed by atoms with van der Waals surface area (Å²) in [5, 5.41) is 0. The van der Waals surface area contributed by atoms with Crippen molar-refractivity contribution in [2.75, 3.05) is 33.9 Å². The van der Waals surface area contributed by atoms with Gasteiger partial charge in [-0.3, -0.25) is 0 Å². The molecule has 0 amide bonds. The van der Waals surface area contributed by atoms with E-state index in [2.05, 4.69) is 19.0 Å². The van der Waals surface area contributed by atoms with Crippen LogP contribution in [-0.4, -0.2) is 44.8 Å². The van der Waals surface area contributed by atoms with E-state index in [-0.39, 0.29) is 76.3 Å². The van der Waals surface area contributed by atoms with Gasteiger partial charge in [-0.1, -0.05) is 0 Å². The van der Waals surface area contributed by atoms with Crippen LogP contribution in [0.3, 0.4) is 0 Å². The van der Waals surface area contributed by atoms with Gasteiger partial charge >= 0.3 is 68.9 Å². The summed E-state index contributed by atoms with van der Waals surface area (Å²) in [7, 11) is 4.14. The van der Waals surface area contributed by atoms with Crippen LogP contribution in [0, 0.1) is 13.3 Å².